The summed E-state index contributed by atoms with van der Waals surface area (Å²) in [6.45, 7) is 4.16. The molecule has 21 heavy (non-hydrogen) atoms. The number of nitrogens with one attached hydrogen (secondary N) is 1. The molecule has 2 rings (SSSR count). The van der Waals surface area contributed by atoms with Crippen LogP contribution in [0.5, 0.6) is 0 Å². The molecule has 2 aromatic carbocycles. The number of halogens is 1. The zero-order chi connectivity index (χ0) is 15.2. The standard InChI is InChI=1S/C18H23FN2/c1-3-17(14-7-5-4-6-8-14)18(21-20)12-15-11-16(19)10-9-13(15)2/h4-11,17-18,21H,3,12,20H2,1-2H3. The second kappa shape index (κ2) is 7.34. The summed E-state index contributed by atoms with van der Waals surface area (Å²) in [5, 5.41) is 0. The summed E-state index contributed by atoms with van der Waals surface area (Å²) in [4.78, 5) is 0. The van der Waals surface area contributed by atoms with Crippen LogP contribution in [0, 0.1) is 12.7 Å². The fraction of sp³-hybridized carbons (Fsp3) is 0.333. The highest BCUT2D eigenvalue weighted by Gasteiger charge is 2.21. The van der Waals surface area contributed by atoms with E-state index in [0.717, 1.165) is 17.5 Å². The number of nitrogens with two attached hydrogens (primary N) is 1. The van der Waals surface area contributed by atoms with Crippen molar-refractivity contribution in [1.29, 1.82) is 0 Å². The van der Waals surface area contributed by atoms with E-state index in [-0.39, 0.29) is 11.9 Å². The topological polar surface area (TPSA) is 38.0 Å². The summed E-state index contributed by atoms with van der Waals surface area (Å²) < 4.78 is 13.5. The molecule has 0 radical (unpaired) electrons. The summed E-state index contributed by atoms with van der Waals surface area (Å²) >= 11 is 0. The van der Waals surface area contributed by atoms with E-state index in [9.17, 15) is 4.39 Å². The quantitative estimate of drug-likeness (QED) is 0.627. The van der Waals surface area contributed by atoms with Crippen LogP contribution in [0.1, 0.15) is 36.0 Å². The molecule has 0 aromatic heterocycles. The molecule has 0 saturated carbocycles. The van der Waals surface area contributed by atoms with Crippen LogP contribution in [0.3, 0.4) is 0 Å². The Labute approximate surface area is 126 Å². The van der Waals surface area contributed by atoms with Crippen LogP contribution in [0.4, 0.5) is 4.39 Å². The molecule has 2 nitrogen and oxygen atoms in total. The van der Waals surface area contributed by atoms with Crippen molar-refractivity contribution in [2.75, 3.05) is 0 Å². The number of hydrazine groups is 1. The second-order valence-corrected chi connectivity index (χ2v) is 5.47. The van der Waals surface area contributed by atoms with Gasteiger partial charge in [-0.3, -0.25) is 11.3 Å². The lowest BCUT2D eigenvalue weighted by Gasteiger charge is -2.27. The minimum Gasteiger partial charge on any atom is -0.271 e. The van der Waals surface area contributed by atoms with Gasteiger partial charge < -0.3 is 0 Å². The second-order valence-electron chi connectivity index (χ2n) is 5.47. The maximum Gasteiger partial charge on any atom is 0.123 e. The monoisotopic (exact) mass is 286 g/mol. The molecular formula is C18H23FN2. The molecule has 0 amide bonds. The summed E-state index contributed by atoms with van der Waals surface area (Å²) in [5.41, 5.74) is 6.29. The molecule has 3 N–H and O–H groups in total. The summed E-state index contributed by atoms with van der Waals surface area (Å²) in [6.07, 6.45) is 1.70. The Hall–Kier alpha value is -1.71. The Morgan fingerprint density at radius 2 is 1.86 bits per heavy atom. The smallest absolute Gasteiger partial charge is 0.123 e. The maximum atomic E-state index is 13.5. The molecule has 0 spiro atoms. The minimum atomic E-state index is -0.195. The van der Waals surface area contributed by atoms with E-state index in [1.807, 2.05) is 31.2 Å². The average molecular weight is 286 g/mol. The van der Waals surface area contributed by atoms with Crippen molar-refractivity contribution in [3.8, 4) is 0 Å². The molecule has 0 bridgehead atoms. The van der Waals surface area contributed by atoms with Gasteiger partial charge in [-0.05, 0) is 48.6 Å². The molecule has 3 heteroatoms. The molecule has 2 unspecified atom stereocenters. The molecule has 0 aliphatic heterocycles. The number of rotatable bonds is 6. The van der Waals surface area contributed by atoms with Crippen molar-refractivity contribution in [2.24, 2.45) is 5.84 Å². The molecule has 0 heterocycles. The van der Waals surface area contributed by atoms with Gasteiger partial charge in [0.25, 0.3) is 0 Å². The molecule has 0 aliphatic rings. The van der Waals surface area contributed by atoms with E-state index in [1.54, 1.807) is 6.07 Å². The van der Waals surface area contributed by atoms with Gasteiger partial charge in [0.15, 0.2) is 0 Å². The van der Waals surface area contributed by atoms with E-state index in [4.69, 9.17) is 5.84 Å². The third-order valence-corrected chi connectivity index (χ3v) is 4.12. The molecular weight excluding hydrogens is 263 g/mol. The Morgan fingerprint density at radius 3 is 2.48 bits per heavy atom. The molecule has 2 atom stereocenters. The van der Waals surface area contributed by atoms with Crippen LogP contribution >= 0.6 is 0 Å². The zero-order valence-corrected chi connectivity index (χ0v) is 12.6. The fourth-order valence-corrected chi connectivity index (χ4v) is 2.87. The number of hydrogen-bond acceptors (Lipinski definition) is 2. The third kappa shape index (κ3) is 3.90. The summed E-state index contributed by atoms with van der Waals surface area (Å²) in [5.74, 6) is 5.89. The fourth-order valence-electron chi connectivity index (χ4n) is 2.87. The van der Waals surface area contributed by atoms with Crippen LogP contribution in [-0.2, 0) is 6.42 Å². The summed E-state index contributed by atoms with van der Waals surface area (Å²) in [6, 6.07) is 15.3. The van der Waals surface area contributed by atoms with Crippen LogP contribution in [-0.4, -0.2) is 6.04 Å². The SMILES string of the molecule is CCC(c1ccccc1)C(Cc1cc(F)ccc1C)NN. The zero-order valence-electron chi connectivity index (χ0n) is 12.6. The number of aryl methyl sites for hydroxylation is 1. The Bertz CT molecular complexity index is 569. The van der Waals surface area contributed by atoms with Gasteiger partial charge in [-0.2, -0.15) is 0 Å². The van der Waals surface area contributed by atoms with E-state index in [1.165, 1.54) is 11.6 Å². The predicted octanol–water partition coefficient (Wildman–Crippen LogP) is 3.70. The number of hydrogen-bond donors (Lipinski definition) is 2. The van der Waals surface area contributed by atoms with Crippen molar-refractivity contribution in [3.05, 3.63) is 71.0 Å². The van der Waals surface area contributed by atoms with Gasteiger partial charge in [0, 0.05) is 12.0 Å². The van der Waals surface area contributed by atoms with Crippen LogP contribution in [0.15, 0.2) is 48.5 Å². The Balaban J connectivity index is 2.24. The molecule has 112 valence electrons. The van der Waals surface area contributed by atoms with Gasteiger partial charge in [0.2, 0.25) is 0 Å². The lowest BCUT2D eigenvalue weighted by atomic mass is 9.85. The van der Waals surface area contributed by atoms with E-state index < -0.39 is 0 Å². The van der Waals surface area contributed by atoms with Crippen molar-refractivity contribution in [2.45, 2.75) is 38.6 Å². The van der Waals surface area contributed by atoms with Crippen LogP contribution < -0.4 is 11.3 Å². The third-order valence-electron chi connectivity index (χ3n) is 4.12. The van der Waals surface area contributed by atoms with Gasteiger partial charge in [0.05, 0.1) is 0 Å². The molecule has 2 aromatic rings. The highest BCUT2D eigenvalue weighted by atomic mass is 19.1. The maximum absolute atomic E-state index is 13.5. The van der Waals surface area contributed by atoms with Crippen LogP contribution in [0.25, 0.3) is 0 Å². The van der Waals surface area contributed by atoms with Crippen molar-refractivity contribution >= 4 is 0 Å². The van der Waals surface area contributed by atoms with Gasteiger partial charge in [-0.15, -0.1) is 0 Å². The molecule has 0 saturated heterocycles. The first-order valence-corrected chi connectivity index (χ1v) is 7.41. The summed E-state index contributed by atoms with van der Waals surface area (Å²) in [7, 11) is 0. The average Bonchev–Trinajstić information content (AvgIpc) is 2.51. The Kier molecular flexibility index (Phi) is 5.48. The lowest BCUT2D eigenvalue weighted by Crippen LogP contribution is -2.41. The van der Waals surface area contributed by atoms with Crippen molar-refractivity contribution in [1.82, 2.24) is 5.43 Å². The van der Waals surface area contributed by atoms with Gasteiger partial charge in [0.1, 0.15) is 5.82 Å². The molecule has 0 fully saturated rings. The first-order chi connectivity index (χ1) is 10.2. The largest absolute Gasteiger partial charge is 0.271 e. The minimum absolute atomic E-state index is 0.0814. The van der Waals surface area contributed by atoms with Crippen molar-refractivity contribution in [3.63, 3.8) is 0 Å². The van der Waals surface area contributed by atoms with E-state index in [2.05, 4.69) is 24.5 Å². The first-order valence-electron chi connectivity index (χ1n) is 7.41. The van der Waals surface area contributed by atoms with Gasteiger partial charge in [-0.25, -0.2) is 4.39 Å². The highest BCUT2D eigenvalue weighted by molar-refractivity contribution is 5.29. The highest BCUT2D eigenvalue weighted by Crippen LogP contribution is 2.26. The lowest BCUT2D eigenvalue weighted by molar-refractivity contribution is 0.426. The molecule has 0 aliphatic carbocycles. The predicted molar refractivity (Wildman–Crippen MR) is 85.4 cm³/mol. The van der Waals surface area contributed by atoms with Gasteiger partial charge >= 0.3 is 0 Å². The van der Waals surface area contributed by atoms with E-state index in [0.29, 0.717) is 12.3 Å². The van der Waals surface area contributed by atoms with Crippen LogP contribution in [0.2, 0.25) is 0 Å². The van der Waals surface area contributed by atoms with Gasteiger partial charge in [-0.1, -0.05) is 43.3 Å². The first kappa shape index (κ1) is 15.7. The van der Waals surface area contributed by atoms with Crippen molar-refractivity contribution < 1.29 is 4.39 Å². The normalized spacial score (nSPS) is 13.9. The Morgan fingerprint density at radius 1 is 1.14 bits per heavy atom. The van der Waals surface area contributed by atoms with E-state index >= 15 is 0 Å². The number of benzene rings is 2.